The van der Waals surface area contributed by atoms with Crippen LogP contribution in [0.3, 0.4) is 0 Å². The molecule has 128 valence electrons. The van der Waals surface area contributed by atoms with Crippen molar-refractivity contribution in [3.8, 4) is 5.75 Å². The summed E-state index contributed by atoms with van der Waals surface area (Å²) in [6.07, 6.45) is 3.10. The maximum absolute atomic E-state index is 12.6. The number of amides is 1. The molecule has 0 saturated heterocycles. The standard InChI is InChI=1S/C21H27NO2/c1-4-9-19(5-2)22(3)21(23)18-12-14-20(15-13-18)24-16-17-10-7-6-8-11-17/h6-8,10-15,19H,4-5,9,16H2,1-3H3. The van der Waals surface area contributed by atoms with Gasteiger partial charge in [0.2, 0.25) is 0 Å². The number of hydrogen-bond donors (Lipinski definition) is 0. The van der Waals surface area contributed by atoms with Crippen LogP contribution in [0.25, 0.3) is 0 Å². The molecule has 0 bridgehead atoms. The number of nitrogens with zero attached hydrogens (tertiary/aromatic N) is 1. The summed E-state index contributed by atoms with van der Waals surface area (Å²) < 4.78 is 5.77. The second kappa shape index (κ2) is 9.11. The minimum atomic E-state index is 0.0740. The first-order valence-corrected chi connectivity index (χ1v) is 8.69. The van der Waals surface area contributed by atoms with E-state index in [1.54, 1.807) is 0 Å². The van der Waals surface area contributed by atoms with Crippen molar-refractivity contribution in [1.82, 2.24) is 4.90 Å². The topological polar surface area (TPSA) is 29.5 Å². The van der Waals surface area contributed by atoms with Crippen molar-refractivity contribution in [2.45, 2.75) is 45.8 Å². The molecule has 3 heteroatoms. The third-order valence-electron chi connectivity index (χ3n) is 4.31. The maximum atomic E-state index is 12.6. The van der Waals surface area contributed by atoms with Gasteiger partial charge in [0.15, 0.2) is 0 Å². The van der Waals surface area contributed by atoms with Gasteiger partial charge in [-0.2, -0.15) is 0 Å². The summed E-state index contributed by atoms with van der Waals surface area (Å²) in [5, 5.41) is 0. The number of ether oxygens (including phenoxy) is 1. The van der Waals surface area contributed by atoms with Gasteiger partial charge in [-0.1, -0.05) is 50.6 Å². The van der Waals surface area contributed by atoms with Crippen molar-refractivity contribution in [2.75, 3.05) is 7.05 Å². The molecule has 2 aromatic carbocycles. The monoisotopic (exact) mass is 325 g/mol. The summed E-state index contributed by atoms with van der Waals surface area (Å²) in [4.78, 5) is 14.5. The Labute approximate surface area is 145 Å². The van der Waals surface area contributed by atoms with E-state index in [0.29, 0.717) is 18.2 Å². The molecular weight excluding hydrogens is 298 g/mol. The van der Waals surface area contributed by atoms with E-state index in [0.717, 1.165) is 30.6 Å². The largest absolute Gasteiger partial charge is 0.489 e. The zero-order valence-corrected chi connectivity index (χ0v) is 14.9. The molecule has 2 aromatic rings. The fraction of sp³-hybridized carbons (Fsp3) is 0.381. The highest BCUT2D eigenvalue weighted by Gasteiger charge is 2.18. The molecule has 0 heterocycles. The quantitative estimate of drug-likeness (QED) is 0.689. The van der Waals surface area contributed by atoms with Crippen molar-refractivity contribution < 1.29 is 9.53 Å². The van der Waals surface area contributed by atoms with Gasteiger partial charge in [-0.05, 0) is 42.7 Å². The van der Waals surface area contributed by atoms with Crippen LogP contribution in [-0.4, -0.2) is 23.9 Å². The van der Waals surface area contributed by atoms with E-state index in [9.17, 15) is 4.79 Å². The Morgan fingerprint density at radius 3 is 2.29 bits per heavy atom. The number of carbonyl (C=O) groups is 1. The van der Waals surface area contributed by atoms with Crippen LogP contribution in [0.5, 0.6) is 5.75 Å². The Morgan fingerprint density at radius 1 is 1.04 bits per heavy atom. The summed E-state index contributed by atoms with van der Waals surface area (Å²) in [7, 11) is 1.89. The van der Waals surface area contributed by atoms with E-state index in [1.807, 2.05) is 66.5 Å². The molecule has 0 fully saturated rings. The second-order valence-corrected chi connectivity index (χ2v) is 6.07. The molecule has 0 spiro atoms. The van der Waals surface area contributed by atoms with Crippen molar-refractivity contribution >= 4 is 5.91 Å². The molecule has 0 radical (unpaired) electrons. The van der Waals surface area contributed by atoms with Crippen LogP contribution in [0.4, 0.5) is 0 Å². The van der Waals surface area contributed by atoms with Crippen molar-refractivity contribution in [3.63, 3.8) is 0 Å². The second-order valence-electron chi connectivity index (χ2n) is 6.07. The Hall–Kier alpha value is -2.29. The molecule has 1 amide bonds. The fourth-order valence-corrected chi connectivity index (χ4v) is 2.81. The van der Waals surface area contributed by atoms with Gasteiger partial charge in [0.05, 0.1) is 0 Å². The van der Waals surface area contributed by atoms with Crippen LogP contribution in [0.2, 0.25) is 0 Å². The van der Waals surface area contributed by atoms with Crippen LogP contribution in [0.1, 0.15) is 49.0 Å². The van der Waals surface area contributed by atoms with Gasteiger partial charge in [0.25, 0.3) is 5.91 Å². The molecular formula is C21H27NO2. The van der Waals surface area contributed by atoms with Gasteiger partial charge in [-0.25, -0.2) is 0 Å². The fourth-order valence-electron chi connectivity index (χ4n) is 2.81. The zero-order chi connectivity index (χ0) is 17.4. The van der Waals surface area contributed by atoms with E-state index in [4.69, 9.17) is 4.74 Å². The van der Waals surface area contributed by atoms with Gasteiger partial charge >= 0.3 is 0 Å². The van der Waals surface area contributed by atoms with Crippen LogP contribution >= 0.6 is 0 Å². The average molecular weight is 325 g/mol. The van der Waals surface area contributed by atoms with Crippen LogP contribution in [0.15, 0.2) is 54.6 Å². The first kappa shape index (κ1) is 18.1. The molecule has 1 unspecified atom stereocenters. The molecule has 24 heavy (non-hydrogen) atoms. The van der Waals surface area contributed by atoms with Gasteiger partial charge in [0, 0.05) is 18.7 Å². The lowest BCUT2D eigenvalue weighted by atomic mass is 10.1. The summed E-state index contributed by atoms with van der Waals surface area (Å²) in [6.45, 7) is 4.81. The van der Waals surface area contributed by atoms with E-state index in [1.165, 1.54) is 0 Å². The third-order valence-corrected chi connectivity index (χ3v) is 4.31. The highest BCUT2D eigenvalue weighted by atomic mass is 16.5. The predicted molar refractivity (Wildman–Crippen MR) is 98.3 cm³/mol. The van der Waals surface area contributed by atoms with Gasteiger partial charge < -0.3 is 9.64 Å². The van der Waals surface area contributed by atoms with Crippen LogP contribution in [-0.2, 0) is 6.61 Å². The Balaban J connectivity index is 1.96. The van der Waals surface area contributed by atoms with E-state index in [-0.39, 0.29) is 5.91 Å². The van der Waals surface area contributed by atoms with Crippen LogP contribution in [0, 0.1) is 0 Å². The number of carbonyl (C=O) groups excluding carboxylic acids is 1. The van der Waals surface area contributed by atoms with Crippen molar-refractivity contribution in [2.24, 2.45) is 0 Å². The van der Waals surface area contributed by atoms with Gasteiger partial charge in [-0.15, -0.1) is 0 Å². The molecule has 2 rings (SSSR count). The number of hydrogen-bond acceptors (Lipinski definition) is 2. The maximum Gasteiger partial charge on any atom is 0.253 e. The van der Waals surface area contributed by atoms with E-state index < -0.39 is 0 Å². The summed E-state index contributed by atoms with van der Waals surface area (Å²) in [5.74, 6) is 0.851. The molecule has 0 saturated carbocycles. The number of rotatable bonds is 8. The summed E-state index contributed by atoms with van der Waals surface area (Å²) in [5.41, 5.74) is 1.84. The minimum absolute atomic E-state index is 0.0740. The summed E-state index contributed by atoms with van der Waals surface area (Å²) in [6, 6.07) is 17.8. The van der Waals surface area contributed by atoms with Gasteiger partial charge in [-0.3, -0.25) is 4.79 Å². The van der Waals surface area contributed by atoms with Crippen LogP contribution < -0.4 is 4.74 Å². The van der Waals surface area contributed by atoms with E-state index >= 15 is 0 Å². The Bertz CT molecular complexity index is 622. The Morgan fingerprint density at radius 2 is 1.71 bits per heavy atom. The smallest absolute Gasteiger partial charge is 0.253 e. The lowest BCUT2D eigenvalue weighted by molar-refractivity contribution is 0.0719. The first-order valence-electron chi connectivity index (χ1n) is 8.69. The molecule has 0 aliphatic carbocycles. The number of benzene rings is 2. The predicted octanol–water partition coefficient (Wildman–Crippen LogP) is 4.92. The highest BCUT2D eigenvalue weighted by Crippen LogP contribution is 2.17. The molecule has 0 aliphatic heterocycles. The first-order chi connectivity index (χ1) is 11.7. The lowest BCUT2D eigenvalue weighted by Gasteiger charge is -2.27. The van der Waals surface area contributed by atoms with Crippen molar-refractivity contribution in [1.29, 1.82) is 0 Å². The average Bonchev–Trinajstić information content (AvgIpc) is 2.64. The molecule has 0 N–H and O–H groups in total. The molecule has 0 aliphatic rings. The lowest BCUT2D eigenvalue weighted by Crippen LogP contribution is -2.36. The molecule has 0 aromatic heterocycles. The van der Waals surface area contributed by atoms with E-state index in [2.05, 4.69) is 13.8 Å². The molecule has 1 atom stereocenters. The zero-order valence-electron chi connectivity index (χ0n) is 14.9. The third kappa shape index (κ3) is 4.85. The minimum Gasteiger partial charge on any atom is -0.489 e. The SMILES string of the molecule is CCCC(CC)N(C)C(=O)c1ccc(OCc2ccccc2)cc1. The van der Waals surface area contributed by atoms with Crippen molar-refractivity contribution in [3.05, 3.63) is 65.7 Å². The molecule has 3 nitrogen and oxygen atoms in total. The highest BCUT2D eigenvalue weighted by molar-refractivity contribution is 5.94. The Kier molecular flexibility index (Phi) is 6.86. The van der Waals surface area contributed by atoms with Gasteiger partial charge in [0.1, 0.15) is 12.4 Å². The summed E-state index contributed by atoms with van der Waals surface area (Å²) >= 11 is 0. The normalized spacial score (nSPS) is 11.8.